The fourth-order valence-corrected chi connectivity index (χ4v) is 3.37. The van der Waals surface area contributed by atoms with Gasteiger partial charge in [0.2, 0.25) is 0 Å². The molecular weight excluding hydrogens is 242 g/mol. The molecule has 2 saturated heterocycles. The molecule has 19 heavy (non-hydrogen) atoms. The summed E-state index contributed by atoms with van der Waals surface area (Å²) in [6, 6.07) is 5.02. The Balaban J connectivity index is 1.81. The van der Waals surface area contributed by atoms with Crippen molar-refractivity contribution in [1.82, 2.24) is 4.98 Å². The van der Waals surface area contributed by atoms with Gasteiger partial charge in [0.15, 0.2) is 0 Å². The summed E-state index contributed by atoms with van der Waals surface area (Å²) in [7, 11) is 1.38. The lowest BCUT2D eigenvalue weighted by Gasteiger charge is -2.38. The number of anilines is 1. The van der Waals surface area contributed by atoms with Gasteiger partial charge in [-0.3, -0.25) is 0 Å². The molecule has 0 amide bonds. The van der Waals surface area contributed by atoms with Crippen LogP contribution in [0.5, 0.6) is 0 Å². The first-order valence-corrected chi connectivity index (χ1v) is 6.77. The number of hydrogen-bond acceptors (Lipinski definition) is 5. The summed E-state index contributed by atoms with van der Waals surface area (Å²) in [5, 5.41) is 0. The molecule has 102 valence electrons. The number of hydrogen-bond donors (Lipinski definition) is 1. The smallest absolute Gasteiger partial charge is 0.339 e. The van der Waals surface area contributed by atoms with Crippen molar-refractivity contribution in [2.75, 3.05) is 12.0 Å². The van der Waals surface area contributed by atoms with E-state index in [0.717, 1.165) is 18.7 Å². The molecule has 3 heterocycles. The molecule has 5 heteroatoms. The van der Waals surface area contributed by atoms with E-state index in [4.69, 9.17) is 5.73 Å². The SMILES string of the molecule is COC(=O)c1ccc(N2[C@@H]3CC[C@H]2C[C@@H](N)C3)nc1. The van der Waals surface area contributed by atoms with E-state index in [1.807, 2.05) is 6.07 Å². The molecule has 2 aliphatic heterocycles. The largest absolute Gasteiger partial charge is 0.465 e. The Bertz CT molecular complexity index is 460. The van der Waals surface area contributed by atoms with Gasteiger partial charge in [0.25, 0.3) is 0 Å². The van der Waals surface area contributed by atoms with Gasteiger partial charge in [0, 0.05) is 24.3 Å². The number of esters is 1. The molecule has 1 aromatic heterocycles. The van der Waals surface area contributed by atoms with Crippen LogP contribution >= 0.6 is 0 Å². The quantitative estimate of drug-likeness (QED) is 0.813. The fourth-order valence-electron chi connectivity index (χ4n) is 3.37. The molecule has 1 aromatic rings. The van der Waals surface area contributed by atoms with E-state index in [0.29, 0.717) is 23.7 Å². The predicted octanol–water partition coefficient (Wildman–Crippen LogP) is 1.33. The lowest BCUT2D eigenvalue weighted by molar-refractivity contribution is 0.0600. The summed E-state index contributed by atoms with van der Waals surface area (Å²) < 4.78 is 4.68. The summed E-state index contributed by atoms with van der Waals surface area (Å²) >= 11 is 0. The maximum atomic E-state index is 11.4. The molecule has 0 unspecified atom stereocenters. The second kappa shape index (κ2) is 4.81. The number of carbonyl (C=O) groups is 1. The Labute approximate surface area is 112 Å². The average Bonchev–Trinajstić information content (AvgIpc) is 2.70. The predicted molar refractivity (Wildman–Crippen MR) is 72.1 cm³/mol. The molecule has 0 radical (unpaired) electrons. The van der Waals surface area contributed by atoms with Gasteiger partial charge in [-0.15, -0.1) is 0 Å². The van der Waals surface area contributed by atoms with E-state index in [9.17, 15) is 4.79 Å². The third-order valence-electron chi connectivity index (χ3n) is 4.20. The zero-order valence-corrected chi connectivity index (χ0v) is 11.1. The second-order valence-corrected chi connectivity index (χ2v) is 5.42. The van der Waals surface area contributed by atoms with E-state index in [1.165, 1.54) is 20.0 Å². The molecule has 2 fully saturated rings. The number of ether oxygens (including phenoxy) is 1. The first-order chi connectivity index (χ1) is 9.19. The number of nitrogens with two attached hydrogens (primary N) is 1. The van der Waals surface area contributed by atoms with E-state index in [1.54, 1.807) is 12.3 Å². The number of pyridine rings is 1. The topological polar surface area (TPSA) is 68.5 Å². The van der Waals surface area contributed by atoms with Crippen molar-refractivity contribution in [3.63, 3.8) is 0 Å². The van der Waals surface area contributed by atoms with Crippen molar-refractivity contribution in [3.8, 4) is 0 Å². The maximum Gasteiger partial charge on any atom is 0.339 e. The van der Waals surface area contributed by atoms with Crippen molar-refractivity contribution in [2.45, 2.75) is 43.8 Å². The first-order valence-electron chi connectivity index (χ1n) is 6.77. The molecule has 0 aromatic carbocycles. The number of methoxy groups -OCH3 is 1. The van der Waals surface area contributed by atoms with Crippen molar-refractivity contribution >= 4 is 11.8 Å². The molecule has 2 N–H and O–H groups in total. The van der Waals surface area contributed by atoms with E-state index < -0.39 is 0 Å². The zero-order chi connectivity index (χ0) is 13.4. The van der Waals surface area contributed by atoms with Crippen LogP contribution in [-0.2, 0) is 4.74 Å². The number of aromatic nitrogens is 1. The molecule has 2 aliphatic rings. The molecule has 2 bridgehead atoms. The molecule has 0 spiro atoms. The minimum Gasteiger partial charge on any atom is -0.465 e. The highest BCUT2D eigenvalue weighted by molar-refractivity contribution is 5.89. The van der Waals surface area contributed by atoms with Crippen LogP contribution in [0.15, 0.2) is 18.3 Å². The third-order valence-corrected chi connectivity index (χ3v) is 4.20. The van der Waals surface area contributed by atoms with Crippen LogP contribution in [-0.4, -0.2) is 36.2 Å². The minimum absolute atomic E-state index is 0.322. The van der Waals surface area contributed by atoms with Gasteiger partial charge in [0.1, 0.15) is 5.82 Å². The standard InChI is InChI=1S/C14H19N3O2/c1-19-14(18)9-2-5-13(16-8-9)17-11-3-4-12(17)7-10(15)6-11/h2,5,8,10-12H,3-4,6-7,15H2,1H3/t10-,11+,12-. The lowest BCUT2D eigenvalue weighted by Crippen LogP contribution is -2.47. The number of nitrogens with zero attached hydrogens (tertiary/aromatic N) is 2. The summed E-state index contributed by atoms with van der Waals surface area (Å²) in [4.78, 5) is 18.2. The first kappa shape index (κ1) is 12.4. The second-order valence-electron chi connectivity index (χ2n) is 5.42. The number of carbonyl (C=O) groups excluding carboxylic acids is 1. The van der Waals surface area contributed by atoms with Gasteiger partial charge in [-0.1, -0.05) is 0 Å². The monoisotopic (exact) mass is 261 g/mol. The van der Waals surface area contributed by atoms with E-state index in [2.05, 4.69) is 14.6 Å². The molecule has 5 nitrogen and oxygen atoms in total. The molecule has 0 aliphatic carbocycles. The van der Waals surface area contributed by atoms with Gasteiger partial charge in [-0.25, -0.2) is 9.78 Å². The molecule has 0 saturated carbocycles. The summed E-state index contributed by atoms with van der Waals surface area (Å²) in [6.07, 6.45) is 6.06. The Morgan fingerprint density at radius 1 is 1.37 bits per heavy atom. The summed E-state index contributed by atoms with van der Waals surface area (Å²) in [5.41, 5.74) is 6.56. The number of fused-ring (bicyclic) bond motifs is 2. The van der Waals surface area contributed by atoms with E-state index in [-0.39, 0.29) is 5.97 Å². The van der Waals surface area contributed by atoms with Gasteiger partial charge < -0.3 is 15.4 Å². The highest BCUT2D eigenvalue weighted by Crippen LogP contribution is 2.37. The van der Waals surface area contributed by atoms with Crippen LogP contribution in [0.4, 0.5) is 5.82 Å². The van der Waals surface area contributed by atoms with Crippen LogP contribution in [0.2, 0.25) is 0 Å². The minimum atomic E-state index is -0.345. The fraction of sp³-hybridized carbons (Fsp3) is 0.571. The normalized spacial score (nSPS) is 29.4. The average molecular weight is 261 g/mol. The Hall–Kier alpha value is -1.62. The third kappa shape index (κ3) is 2.18. The Morgan fingerprint density at radius 2 is 2.05 bits per heavy atom. The maximum absolute atomic E-state index is 11.4. The lowest BCUT2D eigenvalue weighted by atomic mass is 9.98. The van der Waals surface area contributed by atoms with Crippen molar-refractivity contribution in [3.05, 3.63) is 23.9 Å². The van der Waals surface area contributed by atoms with Crippen LogP contribution in [0.1, 0.15) is 36.0 Å². The van der Waals surface area contributed by atoms with Gasteiger partial charge in [-0.05, 0) is 37.8 Å². The Kier molecular flexibility index (Phi) is 3.14. The molecular formula is C14H19N3O2. The Morgan fingerprint density at radius 3 is 2.58 bits per heavy atom. The molecule has 3 atom stereocenters. The van der Waals surface area contributed by atoms with Crippen LogP contribution < -0.4 is 10.6 Å². The van der Waals surface area contributed by atoms with Gasteiger partial charge >= 0.3 is 5.97 Å². The van der Waals surface area contributed by atoms with E-state index >= 15 is 0 Å². The van der Waals surface area contributed by atoms with Crippen LogP contribution in [0, 0.1) is 0 Å². The van der Waals surface area contributed by atoms with Crippen LogP contribution in [0.25, 0.3) is 0 Å². The highest BCUT2D eigenvalue weighted by Gasteiger charge is 2.40. The number of piperidine rings is 1. The van der Waals surface area contributed by atoms with Crippen molar-refractivity contribution < 1.29 is 9.53 Å². The molecule has 3 rings (SSSR count). The summed E-state index contributed by atoms with van der Waals surface area (Å²) in [6.45, 7) is 0. The van der Waals surface area contributed by atoms with Crippen LogP contribution in [0.3, 0.4) is 0 Å². The van der Waals surface area contributed by atoms with Gasteiger partial charge in [0.05, 0.1) is 12.7 Å². The van der Waals surface area contributed by atoms with Gasteiger partial charge in [-0.2, -0.15) is 0 Å². The highest BCUT2D eigenvalue weighted by atomic mass is 16.5. The summed E-state index contributed by atoms with van der Waals surface area (Å²) in [5.74, 6) is 0.606. The van der Waals surface area contributed by atoms with Crippen molar-refractivity contribution in [2.24, 2.45) is 5.73 Å². The number of rotatable bonds is 2. The van der Waals surface area contributed by atoms with Crippen molar-refractivity contribution in [1.29, 1.82) is 0 Å². The zero-order valence-electron chi connectivity index (χ0n) is 11.1.